The zero-order valence-corrected chi connectivity index (χ0v) is 19.5. The summed E-state index contributed by atoms with van der Waals surface area (Å²) in [7, 11) is 0. The lowest BCUT2D eigenvalue weighted by atomic mass is 10.1. The molecule has 3 aromatic heterocycles. The van der Waals surface area contributed by atoms with E-state index in [1.807, 2.05) is 44.2 Å². The lowest BCUT2D eigenvalue weighted by molar-refractivity contribution is -0.117. The number of nitrogens with zero attached hydrogens (tertiary/aromatic N) is 5. The Balaban J connectivity index is 1.22. The summed E-state index contributed by atoms with van der Waals surface area (Å²) < 4.78 is 3.19. The summed E-state index contributed by atoms with van der Waals surface area (Å²) in [5, 5.41) is 6.72. The first kappa shape index (κ1) is 22.1. The summed E-state index contributed by atoms with van der Waals surface area (Å²) in [6, 6.07) is 11.2. The Labute approximate surface area is 200 Å². The average molecular weight is 478 g/mol. The molecule has 3 heterocycles. The van der Waals surface area contributed by atoms with Crippen molar-refractivity contribution in [2.45, 2.75) is 38.8 Å². The van der Waals surface area contributed by atoms with E-state index in [4.69, 9.17) is 11.6 Å². The van der Waals surface area contributed by atoms with E-state index in [1.165, 1.54) is 10.7 Å². The Kier molecular flexibility index (Phi) is 5.79. The van der Waals surface area contributed by atoms with Crippen molar-refractivity contribution in [1.82, 2.24) is 23.9 Å². The van der Waals surface area contributed by atoms with Crippen LogP contribution in [0, 0.1) is 5.92 Å². The Morgan fingerprint density at radius 2 is 2.03 bits per heavy atom. The molecular formula is C24H24ClN7O2. The molecule has 1 aromatic carbocycles. The number of fused-ring (bicyclic) bond motifs is 1. The van der Waals surface area contributed by atoms with Crippen LogP contribution in [0.2, 0.25) is 5.02 Å². The molecule has 34 heavy (non-hydrogen) atoms. The van der Waals surface area contributed by atoms with Crippen molar-refractivity contribution in [1.29, 1.82) is 0 Å². The predicted octanol–water partition coefficient (Wildman–Crippen LogP) is 3.87. The summed E-state index contributed by atoms with van der Waals surface area (Å²) in [5.41, 5.74) is 2.23. The van der Waals surface area contributed by atoms with E-state index in [-0.39, 0.29) is 29.5 Å². The topological polar surface area (TPSA) is 106 Å². The van der Waals surface area contributed by atoms with Gasteiger partial charge in [-0.05, 0) is 49.9 Å². The lowest BCUT2D eigenvalue weighted by Gasteiger charge is -2.08. The molecule has 2 N–H and O–H groups in total. The van der Waals surface area contributed by atoms with Crippen LogP contribution in [0.1, 0.15) is 43.5 Å². The number of halogens is 1. The van der Waals surface area contributed by atoms with Crippen LogP contribution in [0.15, 0.2) is 59.9 Å². The van der Waals surface area contributed by atoms with Crippen LogP contribution in [0.4, 0.5) is 11.6 Å². The molecule has 0 bridgehead atoms. The quantitative estimate of drug-likeness (QED) is 0.418. The molecule has 9 nitrogen and oxygen atoms in total. The van der Waals surface area contributed by atoms with Gasteiger partial charge in [0.1, 0.15) is 23.6 Å². The highest BCUT2D eigenvalue weighted by molar-refractivity contribution is 6.30. The maximum atomic E-state index is 12.7. The van der Waals surface area contributed by atoms with E-state index in [0.29, 0.717) is 34.5 Å². The predicted molar refractivity (Wildman–Crippen MR) is 130 cm³/mol. The summed E-state index contributed by atoms with van der Waals surface area (Å²) >= 11 is 6.07. The van der Waals surface area contributed by atoms with Crippen molar-refractivity contribution in [2.75, 3.05) is 10.6 Å². The number of nitrogens with one attached hydrogen (secondary N) is 2. The van der Waals surface area contributed by atoms with Crippen LogP contribution in [0.5, 0.6) is 0 Å². The highest BCUT2D eigenvalue weighted by Crippen LogP contribution is 2.48. The molecule has 2 atom stereocenters. The molecule has 1 aliphatic rings. The van der Waals surface area contributed by atoms with E-state index in [2.05, 4.69) is 25.6 Å². The number of rotatable bonds is 7. The fourth-order valence-electron chi connectivity index (χ4n) is 4.04. The molecule has 5 rings (SSSR count). The molecular weight excluding hydrogens is 454 g/mol. The number of amides is 1. The standard InChI is InChI=1S/C24H24ClN7O2/c1-14(2)31-7-6-22-29-17(12-32(22)24(31)34)11-26-20-10-21(28-13-27-20)30-23(33)19-9-18(19)15-4-3-5-16(25)8-15/h3-8,10,12-14,18-19H,9,11H2,1-2H3,(H2,26,27,28,30,33)/t18-,19+/m1/s1. The van der Waals surface area contributed by atoms with E-state index >= 15 is 0 Å². The monoisotopic (exact) mass is 477 g/mol. The normalized spacial score (nSPS) is 17.2. The fourth-order valence-corrected chi connectivity index (χ4v) is 4.24. The zero-order chi connectivity index (χ0) is 23.8. The van der Waals surface area contributed by atoms with E-state index in [9.17, 15) is 9.59 Å². The van der Waals surface area contributed by atoms with Gasteiger partial charge in [0.2, 0.25) is 5.91 Å². The molecule has 174 valence electrons. The second-order valence-electron chi connectivity index (χ2n) is 8.69. The smallest absolute Gasteiger partial charge is 0.334 e. The molecule has 10 heteroatoms. The fraction of sp³-hybridized carbons (Fsp3) is 0.292. The largest absolute Gasteiger partial charge is 0.364 e. The summed E-state index contributed by atoms with van der Waals surface area (Å²) in [6.45, 7) is 4.28. The van der Waals surface area contributed by atoms with Gasteiger partial charge in [-0.15, -0.1) is 0 Å². The minimum absolute atomic E-state index is 0.0620. The average Bonchev–Trinajstić information content (AvgIpc) is 3.51. The van der Waals surface area contributed by atoms with Gasteiger partial charge in [-0.3, -0.25) is 13.8 Å². The van der Waals surface area contributed by atoms with Crippen molar-refractivity contribution >= 4 is 34.8 Å². The molecule has 0 aliphatic heterocycles. The Morgan fingerprint density at radius 1 is 1.21 bits per heavy atom. The van der Waals surface area contributed by atoms with Crippen molar-refractivity contribution in [3.8, 4) is 0 Å². The third-order valence-electron chi connectivity index (χ3n) is 5.92. The third-order valence-corrected chi connectivity index (χ3v) is 6.16. The molecule has 1 fully saturated rings. The Hall–Kier alpha value is -3.72. The number of anilines is 2. The van der Waals surface area contributed by atoms with Gasteiger partial charge in [-0.25, -0.2) is 19.7 Å². The summed E-state index contributed by atoms with van der Waals surface area (Å²) in [4.78, 5) is 38.1. The highest BCUT2D eigenvalue weighted by Gasteiger charge is 2.44. The second-order valence-corrected chi connectivity index (χ2v) is 9.13. The maximum absolute atomic E-state index is 12.7. The summed E-state index contributed by atoms with van der Waals surface area (Å²) in [5.74, 6) is 0.973. The van der Waals surface area contributed by atoms with Gasteiger partial charge < -0.3 is 10.6 Å². The first-order valence-electron chi connectivity index (χ1n) is 11.1. The molecule has 0 saturated heterocycles. The number of hydrogen-bond donors (Lipinski definition) is 2. The Morgan fingerprint density at radius 3 is 2.82 bits per heavy atom. The van der Waals surface area contributed by atoms with Crippen molar-refractivity contribution in [3.05, 3.63) is 81.9 Å². The zero-order valence-electron chi connectivity index (χ0n) is 18.8. The first-order valence-corrected chi connectivity index (χ1v) is 11.5. The third kappa shape index (κ3) is 4.51. The number of carbonyl (C=O) groups excluding carboxylic acids is 1. The number of benzene rings is 1. The molecule has 1 aliphatic carbocycles. The van der Waals surface area contributed by atoms with Crippen LogP contribution < -0.4 is 16.3 Å². The van der Waals surface area contributed by atoms with Crippen LogP contribution in [-0.4, -0.2) is 29.8 Å². The molecule has 1 saturated carbocycles. The number of imidazole rings is 1. The SMILES string of the molecule is CC(C)n1ccc2nc(CNc3cc(NC(=O)[C@H]4C[C@@H]4c4cccc(Cl)c4)ncn3)cn2c1=O. The summed E-state index contributed by atoms with van der Waals surface area (Å²) in [6.07, 6.45) is 5.65. The molecule has 0 radical (unpaired) electrons. The van der Waals surface area contributed by atoms with E-state index in [0.717, 1.165) is 12.0 Å². The maximum Gasteiger partial charge on any atom is 0.334 e. The number of hydrogen-bond acceptors (Lipinski definition) is 6. The van der Waals surface area contributed by atoms with Gasteiger partial charge in [0, 0.05) is 35.4 Å². The number of carbonyl (C=O) groups is 1. The first-order chi connectivity index (χ1) is 16.4. The van der Waals surface area contributed by atoms with Crippen molar-refractivity contribution < 1.29 is 4.79 Å². The van der Waals surface area contributed by atoms with Gasteiger partial charge >= 0.3 is 5.69 Å². The van der Waals surface area contributed by atoms with Gasteiger partial charge in [0.25, 0.3) is 0 Å². The second kappa shape index (κ2) is 8.90. The van der Waals surface area contributed by atoms with E-state index in [1.54, 1.807) is 23.0 Å². The van der Waals surface area contributed by atoms with Crippen LogP contribution in [0.25, 0.3) is 5.65 Å². The van der Waals surface area contributed by atoms with Gasteiger partial charge in [-0.1, -0.05) is 23.7 Å². The van der Waals surface area contributed by atoms with Gasteiger partial charge in [0.05, 0.1) is 12.2 Å². The number of aromatic nitrogens is 5. The van der Waals surface area contributed by atoms with Crippen LogP contribution >= 0.6 is 11.6 Å². The van der Waals surface area contributed by atoms with Crippen molar-refractivity contribution in [2.24, 2.45) is 5.92 Å². The minimum atomic E-state index is -0.130. The van der Waals surface area contributed by atoms with Crippen molar-refractivity contribution in [3.63, 3.8) is 0 Å². The van der Waals surface area contributed by atoms with Gasteiger partial charge in [0.15, 0.2) is 0 Å². The molecule has 0 unspecified atom stereocenters. The lowest BCUT2D eigenvalue weighted by Crippen LogP contribution is -2.26. The molecule has 4 aromatic rings. The van der Waals surface area contributed by atoms with E-state index < -0.39 is 0 Å². The van der Waals surface area contributed by atoms with Crippen LogP contribution in [0.3, 0.4) is 0 Å². The molecule has 1 amide bonds. The van der Waals surface area contributed by atoms with Gasteiger partial charge in [-0.2, -0.15) is 0 Å². The van der Waals surface area contributed by atoms with Crippen LogP contribution in [-0.2, 0) is 11.3 Å². The highest BCUT2D eigenvalue weighted by atomic mass is 35.5. The molecule has 0 spiro atoms. The Bertz CT molecular complexity index is 1430. The minimum Gasteiger partial charge on any atom is -0.364 e.